The van der Waals surface area contributed by atoms with Crippen LogP contribution in [-0.2, 0) is 6.42 Å². The molecule has 1 atom stereocenters. The minimum absolute atomic E-state index is 0. The Balaban J connectivity index is 0.00000242. The van der Waals surface area contributed by atoms with Gasteiger partial charge in [-0.1, -0.05) is 18.6 Å². The summed E-state index contributed by atoms with van der Waals surface area (Å²) in [6, 6.07) is 9.16. The number of hydrogen-bond donors (Lipinski definition) is 0. The average Bonchev–Trinajstić information content (AvgIpc) is 2.50. The van der Waals surface area contributed by atoms with Crippen molar-refractivity contribution < 1.29 is 4.74 Å². The number of nitrogens with zero attached hydrogens (tertiary/aromatic N) is 2. The Morgan fingerprint density at radius 3 is 2.22 bits per heavy atom. The van der Waals surface area contributed by atoms with Crippen molar-refractivity contribution in [1.29, 1.82) is 0 Å². The number of rotatable bonds is 7. The normalized spacial score (nSPS) is 16.3. The second-order valence-electron chi connectivity index (χ2n) is 6.41. The zero-order valence-electron chi connectivity index (χ0n) is 14.7. The molecule has 1 fully saturated rings. The lowest BCUT2D eigenvalue weighted by Crippen LogP contribution is -2.33. The molecule has 1 heterocycles. The molecule has 0 spiro atoms. The molecular formula is C18H32Cl2N2O. The molecule has 1 aromatic carbocycles. The van der Waals surface area contributed by atoms with Crippen LogP contribution >= 0.6 is 24.8 Å². The molecule has 1 unspecified atom stereocenters. The molecule has 2 rings (SSSR count). The van der Waals surface area contributed by atoms with E-state index in [2.05, 4.69) is 55.1 Å². The van der Waals surface area contributed by atoms with Gasteiger partial charge in [-0.15, -0.1) is 24.8 Å². The Bertz CT molecular complexity index is 406. The molecule has 0 radical (unpaired) electrons. The highest BCUT2D eigenvalue weighted by Gasteiger charge is 2.09. The van der Waals surface area contributed by atoms with Gasteiger partial charge in [-0.05, 0) is 71.1 Å². The van der Waals surface area contributed by atoms with Crippen LogP contribution in [-0.4, -0.2) is 56.2 Å². The van der Waals surface area contributed by atoms with E-state index in [1.807, 2.05) is 0 Å². The van der Waals surface area contributed by atoms with Crippen LogP contribution < -0.4 is 4.74 Å². The highest BCUT2D eigenvalue weighted by atomic mass is 35.5. The van der Waals surface area contributed by atoms with Crippen molar-refractivity contribution in [1.82, 2.24) is 9.80 Å². The van der Waals surface area contributed by atoms with Crippen LogP contribution in [0.25, 0.3) is 0 Å². The highest BCUT2D eigenvalue weighted by Crippen LogP contribution is 2.15. The van der Waals surface area contributed by atoms with Crippen LogP contribution in [0.1, 0.15) is 31.7 Å². The summed E-state index contributed by atoms with van der Waals surface area (Å²) in [4.78, 5) is 4.76. The lowest BCUT2D eigenvalue weighted by molar-refractivity contribution is 0.183. The zero-order chi connectivity index (χ0) is 15.1. The molecule has 0 aromatic heterocycles. The third-order valence-electron chi connectivity index (χ3n) is 4.46. The molecule has 1 saturated heterocycles. The number of piperidine rings is 1. The van der Waals surface area contributed by atoms with E-state index in [0.29, 0.717) is 6.04 Å². The van der Waals surface area contributed by atoms with Crippen LogP contribution in [0.3, 0.4) is 0 Å². The summed E-state index contributed by atoms with van der Waals surface area (Å²) in [5, 5.41) is 0. The number of halogens is 2. The fourth-order valence-electron chi connectivity index (χ4n) is 2.72. The maximum absolute atomic E-state index is 5.86. The van der Waals surface area contributed by atoms with Crippen molar-refractivity contribution in [3.05, 3.63) is 29.8 Å². The number of ether oxygens (including phenoxy) is 1. The first kappa shape index (κ1) is 22.5. The maximum atomic E-state index is 5.86. The smallest absolute Gasteiger partial charge is 0.119 e. The van der Waals surface area contributed by atoms with Crippen molar-refractivity contribution in [2.75, 3.05) is 40.3 Å². The van der Waals surface area contributed by atoms with E-state index < -0.39 is 0 Å². The van der Waals surface area contributed by atoms with E-state index >= 15 is 0 Å². The third kappa shape index (κ3) is 8.25. The van der Waals surface area contributed by atoms with Crippen LogP contribution in [0.2, 0.25) is 0 Å². The quantitative estimate of drug-likeness (QED) is 0.731. The SMILES string of the molecule is CC(Cc1ccc(OCCN2CCCCC2)cc1)N(C)C.Cl.Cl. The molecule has 23 heavy (non-hydrogen) atoms. The third-order valence-corrected chi connectivity index (χ3v) is 4.46. The lowest BCUT2D eigenvalue weighted by Gasteiger charge is -2.26. The average molecular weight is 363 g/mol. The predicted molar refractivity (Wildman–Crippen MR) is 104 cm³/mol. The molecule has 0 bridgehead atoms. The van der Waals surface area contributed by atoms with Crippen molar-refractivity contribution in [3.8, 4) is 5.75 Å². The van der Waals surface area contributed by atoms with Crippen LogP contribution in [0.15, 0.2) is 24.3 Å². The van der Waals surface area contributed by atoms with Crippen molar-refractivity contribution >= 4 is 24.8 Å². The van der Waals surface area contributed by atoms with Gasteiger partial charge in [0.2, 0.25) is 0 Å². The second-order valence-corrected chi connectivity index (χ2v) is 6.41. The van der Waals surface area contributed by atoms with E-state index in [0.717, 1.165) is 25.3 Å². The standard InChI is InChI=1S/C18H30N2O.2ClH/c1-16(19(2)3)15-17-7-9-18(10-8-17)21-14-13-20-11-5-4-6-12-20;;/h7-10,16H,4-6,11-15H2,1-3H3;2*1H. The van der Waals surface area contributed by atoms with Gasteiger partial charge in [-0.3, -0.25) is 4.90 Å². The van der Waals surface area contributed by atoms with Gasteiger partial charge in [-0.2, -0.15) is 0 Å². The van der Waals surface area contributed by atoms with E-state index in [1.54, 1.807) is 0 Å². The number of hydrogen-bond acceptors (Lipinski definition) is 3. The summed E-state index contributed by atoms with van der Waals surface area (Å²) in [5.74, 6) is 0.994. The van der Waals surface area contributed by atoms with Gasteiger partial charge in [0.15, 0.2) is 0 Å². The first-order chi connectivity index (χ1) is 10.1. The second kappa shape index (κ2) is 12.0. The fraction of sp³-hybridized carbons (Fsp3) is 0.667. The van der Waals surface area contributed by atoms with E-state index in [9.17, 15) is 0 Å². The first-order valence-electron chi connectivity index (χ1n) is 8.25. The molecule has 1 aliphatic rings. The minimum Gasteiger partial charge on any atom is -0.492 e. The van der Waals surface area contributed by atoms with Crippen LogP contribution in [0, 0.1) is 0 Å². The molecule has 134 valence electrons. The molecular weight excluding hydrogens is 331 g/mol. The number of likely N-dealkylation sites (tertiary alicyclic amines) is 1. The molecule has 1 aliphatic heterocycles. The molecule has 5 heteroatoms. The summed E-state index contributed by atoms with van der Waals surface area (Å²) < 4.78 is 5.86. The van der Waals surface area contributed by atoms with Gasteiger partial charge in [0.1, 0.15) is 12.4 Å². The number of benzene rings is 1. The summed E-state index contributed by atoms with van der Waals surface area (Å²) in [6.45, 7) is 6.59. The van der Waals surface area contributed by atoms with Crippen molar-refractivity contribution in [2.45, 2.75) is 38.6 Å². The molecule has 1 aromatic rings. The minimum atomic E-state index is 0. The van der Waals surface area contributed by atoms with Gasteiger partial charge >= 0.3 is 0 Å². The zero-order valence-corrected chi connectivity index (χ0v) is 16.3. The van der Waals surface area contributed by atoms with E-state index in [1.165, 1.54) is 37.9 Å². The molecule has 3 nitrogen and oxygen atoms in total. The number of likely N-dealkylation sites (N-methyl/N-ethyl adjacent to an activating group) is 1. The van der Waals surface area contributed by atoms with E-state index in [-0.39, 0.29) is 24.8 Å². The van der Waals surface area contributed by atoms with E-state index in [4.69, 9.17) is 4.74 Å². The van der Waals surface area contributed by atoms with Gasteiger partial charge in [-0.25, -0.2) is 0 Å². The Morgan fingerprint density at radius 2 is 1.65 bits per heavy atom. The molecule has 0 N–H and O–H groups in total. The Labute approximate surface area is 154 Å². The van der Waals surface area contributed by atoms with Crippen molar-refractivity contribution in [3.63, 3.8) is 0 Å². The monoisotopic (exact) mass is 362 g/mol. The first-order valence-corrected chi connectivity index (χ1v) is 8.25. The summed E-state index contributed by atoms with van der Waals surface area (Å²) >= 11 is 0. The summed E-state index contributed by atoms with van der Waals surface area (Å²) in [5.41, 5.74) is 1.37. The Kier molecular flexibility index (Phi) is 11.7. The maximum Gasteiger partial charge on any atom is 0.119 e. The van der Waals surface area contributed by atoms with Gasteiger partial charge < -0.3 is 9.64 Å². The van der Waals surface area contributed by atoms with Gasteiger partial charge in [0, 0.05) is 12.6 Å². The predicted octanol–water partition coefficient (Wildman–Crippen LogP) is 3.89. The van der Waals surface area contributed by atoms with Gasteiger partial charge in [0.25, 0.3) is 0 Å². The summed E-state index contributed by atoms with van der Waals surface area (Å²) in [7, 11) is 4.26. The molecule has 0 aliphatic carbocycles. The summed E-state index contributed by atoms with van der Waals surface area (Å²) in [6.07, 6.45) is 5.17. The topological polar surface area (TPSA) is 15.7 Å². The van der Waals surface area contributed by atoms with Gasteiger partial charge in [0.05, 0.1) is 0 Å². The van der Waals surface area contributed by atoms with Crippen LogP contribution in [0.5, 0.6) is 5.75 Å². The highest BCUT2D eigenvalue weighted by molar-refractivity contribution is 5.85. The largest absolute Gasteiger partial charge is 0.492 e. The molecule has 0 amide bonds. The Hall–Kier alpha value is -0.480. The Morgan fingerprint density at radius 1 is 1.04 bits per heavy atom. The fourth-order valence-corrected chi connectivity index (χ4v) is 2.72. The molecule has 0 saturated carbocycles. The van der Waals surface area contributed by atoms with Crippen LogP contribution in [0.4, 0.5) is 0 Å². The lowest BCUT2D eigenvalue weighted by atomic mass is 10.1. The van der Waals surface area contributed by atoms with Crippen molar-refractivity contribution in [2.24, 2.45) is 0 Å².